The van der Waals surface area contributed by atoms with Crippen molar-refractivity contribution >= 4 is 11.8 Å². The van der Waals surface area contributed by atoms with Gasteiger partial charge in [-0.05, 0) is 6.42 Å². The smallest absolute Gasteiger partial charge is 0.253 e. The van der Waals surface area contributed by atoms with Crippen molar-refractivity contribution in [2.24, 2.45) is 0 Å². The molecule has 3 nitrogen and oxygen atoms in total. The second kappa shape index (κ2) is 2.64. The lowest BCUT2D eigenvalue weighted by molar-refractivity contribution is -0.128. The van der Waals surface area contributed by atoms with Crippen molar-refractivity contribution in [3.63, 3.8) is 0 Å². The fourth-order valence-electron chi connectivity index (χ4n) is 0.871. The van der Waals surface area contributed by atoms with Gasteiger partial charge in [0.05, 0.1) is 0 Å². The summed E-state index contributed by atoms with van der Waals surface area (Å²) in [6.07, 6.45) is 2.72. The van der Waals surface area contributed by atoms with E-state index in [0.29, 0.717) is 18.4 Å². The molecule has 1 N–H and O–H groups in total. The van der Waals surface area contributed by atoms with Crippen LogP contribution in [-0.4, -0.2) is 11.8 Å². The molecule has 0 saturated carbocycles. The largest absolute Gasteiger partial charge is 0.292 e. The number of carbonyl (C=O) groups excluding carboxylic acids is 2. The van der Waals surface area contributed by atoms with E-state index in [-0.39, 0.29) is 11.8 Å². The van der Waals surface area contributed by atoms with E-state index in [1.54, 1.807) is 6.08 Å². The fraction of sp³-hybridized carbons (Fsp3) is 0.429. The van der Waals surface area contributed by atoms with Crippen LogP contribution < -0.4 is 5.32 Å². The summed E-state index contributed by atoms with van der Waals surface area (Å²) >= 11 is 0. The van der Waals surface area contributed by atoms with Crippen molar-refractivity contribution in [3.05, 3.63) is 11.6 Å². The van der Waals surface area contributed by atoms with Crippen LogP contribution >= 0.6 is 0 Å². The van der Waals surface area contributed by atoms with E-state index in [1.165, 1.54) is 0 Å². The van der Waals surface area contributed by atoms with Crippen molar-refractivity contribution in [3.8, 4) is 0 Å². The third-order valence-electron chi connectivity index (χ3n) is 1.46. The van der Waals surface area contributed by atoms with Gasteiger partial charge in [0.1, 0.15) is 0 Å². The van der Waals surface area contributed by atoms with Gasteiger partial charge in [0.25, 0.3) is 5.91 Å². The van der Waals surface area contributed by atoms with E-state index in [9.17, 15) is 9.59 Å². The molecule has 0 aromatic rings. The molecule has 0 radical (unpaired) electrons. The number of carbonyl (C=O) groups is 2. The minimum atomic E-state index is -0.237. The molecule has 0 aliphatic carbocycles. The van der Waals surface area contributed by atoms with Gasteiger partial charge in [0.15, 0.2) is 0 Å². The molecule has 0 aromatic heterocycles. The average Bonchev–Trinajstić information content (AvgIpc) is 1.88. The summed E-state index contributed by atoms with van der Waals surface area (Å²) < 4.78 is 0. The second-order valence-corrected chi connectivity index (χ2v) is 2.16. The minimum Gasteiger partial charge on any atom is -0.292 e. The lowest BCUT2D eigenvalue weighted by Crippen LogP contribution is -2.34. The first kappa shape index (κ1) is 6.99. The molecule has 54 valence electrons. The Morgan fingerprint density at radius 3 is 2.80 bits per heavy atom. The fourth-order valence-corrected chi connectivity index (χ4v) is 0.871. The van der Waals surface area contributed by atoms with Crippen LogP contribution in [0.3, 0.4) is 0 Å². The highest BCUT2D eigenvalue weighted by Gasteiger charge is 2.15. The number of amides is 2. The van der Waals surface area contributed by atoms with Gasteiger partial charge in [-0.3, -0.25) is 14.9 Å². The molecule has 0 spiro atoms. The molecule has 0 saturated heterocycles. The first-order valence-corrected chi connectivity index (χ1v) is 3.27. The summed E-state index contributed by atoms with van der Waals surface area (Å²) in [4.78, 5) is 21.4. The SMILES string of the molecule is CCC1=CCC(=O)NC1=O. The van der Waals surface area contributed by atoms with Crippen LogP contribution in [0, 0.1) is 0 Å². The van der Waals surface area contributed by atoms with Gasteiger partial charge in [-0.15, -0.1) is 0 Å². The number of imide groups is 1. The minimum absolute atomic E-state index is 0.206. The number of hydrogen-bond acceptors (Lipinski definition) is 2. The Morgan fingerprint density at radius 2 is 2.30 bits per heavy atom. The van der Waals surface area contributed by atoms with Crippen LogP contribution in [0.1, 0.15) is 19.8 Å². The molecule has 1 aliphatic rings. The normalized spacial score (nSPS) is 18.3. The summed E-state index contributed by atoms with van der Waals surface area (Å²) in [6.45, 7) is 1.89. The molecule has 0 unspecified atom stereocenters. The summed E-state index contributed by atoms with van der Waals surface area (Å²) in [5.41, 5.74) is 0.708. The first-order chi connectivity index (χ1) is 4.74. The standard InChI is InChI=1S/C7H9NO2/c1-2-5-3-4-6(9)8-7(5)10/h3H,2,4H2,1H3,(H,8,9,10). The van der Waals surface area contributed by atoms with E-state index in [4.69, 9.17) is 0 Å². The monoisotopic (exact) mass is 139 g/mol. The van der Waals surface area contributed by atoms with Crippen molar-refractivity contribution in [1.29, 1.82) is 0 Å². The number of hydrogen-bond donors (Lipinski definition) is 1. The molecule has 0 atom stereocenters. The van der Waals surface area contributed by atoms with E-state index in [2.05, 4.69) is 5.32 Å². The Kier molecular flexibility index (Phi) is 1.85. The van der Waals surface area contributed by atoms with Gasteiger partial charge < -0.3 is 0 Å². The third-order valence-corrected chi connectivity index (χ3v) is 1.46. The lowest BCUT2D eigenvalue weighted by atomic mass is 10.1. The third kappa shape index (κ3) is 1.23. The van der Waals surface area contributed by atoms with Crippen LogP contribution in [0.5, 0.6) is 0 Å². The molecule has 2 amide bonds. The predicted octanol–water partition coefficient (Wildman–Crippen LogP) is 0.369. The highest BCUT2D eigenvalue weighted by atomic mass is 16.2. The van der Waals surface area contributed by atoms with Crippen molar-refractivity contribution in [1.82, 2.24) is 5.32 Å². The molecule has 1 aliphatic heterocycles. The Hall–Kier alpha value is -1.12. The molecule has 3 heteroatoms. The Balaban J connectivity index is 2.75. The molecule has 0 aromatic carbocycles. The Labute approximate surface area is 59.1 Å². The van der Waals surface area contributed by atoms with Crippen LogP contribution in [0.2, 0.25) is 0 Å². The maximum atomic E-state index is 10.8. The van der Waals surface area contributed by atoms with Crippen LogP contribution in [0.4, 0.5) is 0 Å². The lowest BCUT2D eigenvalue weighted by Gasteiger charge is -2.09. The molecule has 0 fully saturated rings. The maximum Gasteiger partial charge on any atom is 0.253 e. The van der Waals surface area contributed by atoms with Gasteiger partial charge in [-0.2, -0.15) is 0 Å². The molecule has 1 heterocycles. The van der Waals surface area contributed by atoms with Crippen molar-refractivity contribution in [2.75, 3.05) is 0 Å². The number of rotatable bonds is 1. The van der Waals surface area contributed by atoms with E-state index >= 15 is 0 Å². The topological polar surface area (TPSA) is 46.2 Å². The molecule has 10 heavy (non-hydrogen) atoms. The summed E-state index contributed by atoms with van der Waals surface area (Å²) in [5, 5.41) is 2.23. The molecular weight excluding hydrogens is 130 g/mol. The quantitative estimate of drug-likeness (QED) is 0.533. The van der Waals surface area contributed by atoms with Crippen LogP contribution in [0.15, 0.2) is 11.6 Å². The predicted molar refractivity (Wildman–Crippen MR) is 36.1 cm³/mol. The summed E-state index contributed by atoms with van der Waals surface area (Å²) in [5.74, 6) is -0.444. The zero-order valence-electron chi connectivity index (χ0n) is 5.81. The van der Waals surface area contributed by atoms with E-state index in [1.807, 2.05) is 6.92 Å². The highest BCUT2D eigenvalue weighted by molar-refractivity contribution is 6.07. The van der Waals surface area contributed by atoms with Gasteiger partial charge in [-0.25, -0.2) is 0 Å². The van der Waals surface area contributed by atoms with Crippen LogP contribution in [-0.2, 0) is 9.59 Å². The average molecular weight is 139 g/mol. The summed E-state index contributed by atoms with van der Waals surface area (Å²) in [6, 6.07) is 0. The zero-order valence-corrected chi connectivity index (χ0v) is 5.81. The second-order valence-electron chi connectivity index (χ2n) is 2.16. The molecule has 1 rings (SSSR count). The van der Waals surface area contributed by atoms with Gasteiger partial charge >= 0.3 is 0 Å². The molecular formula is C7H9NO2. The van der Waals surface area contributed by atoms with E-state index in [0.717, 1.165) is 0 Å². The first-order valence-electron chi connectivity index (χ1n) is 3.27. The zero-order chi connectivity index (χ0) is 7.56. The number of nitrogens with one attached hydrogen (secondary N) is 1. The van der Waals surface area contributed by atoms with Crippen molar-refractivity contribution in [2.45, 2.75) is 19.8 Å². The van der Waals surface area contributed by atoms with Gasteiger partial charge in [0, 0.05) is 12.0 Å². The van der Waals surface area contributed by atoms with Crippen LogP contribution in [0.25, 0.3) is 0 Å². The van der Waals surface area contributed by atoms with Gasteiger partial charge in [0.2, 0.25) is 5.91 Å². The Bertz CT molecular complexity index is 206. The van der Waals surface area contributed by atoms with E-state index < -0.39 is 0 Å². The van der Waals surface area contributed by atoms with Gasteiger partial charge in [-0.1, -0.05) is 13.0 Å². The maximum absolute atomic E-state index is 10.8. The molecule has 0 bridgehead atoms. The Morgan fingerprint density at radius 1 is 1.60 bits per heavy atom. The summed E-state index contributed by atoms with van der Waals surface area (Å²) in [7, 11) is 0. The highest BCUT2D eigenvalue weighted by Crippen LogP contribution is 2.06. The van der Waals surface area contributed by atoms with Crippen molar-refractivity contribution < 1.29 is 9.59 Å².